The van der Waals surface area contributed by atoms with Crippen LogP contribution in [0.2, 0.25) is 0 Å². The minimum Gasteiger partial charge on any atom is -0.393 e. The summed E-state index contributed by atoms with van der Waals surface area (Å²) >= 11 is 0. The molecule has 0 saturated carbocycles. The monoisotopic (exact) mass is 242 g/mol. The minimum atomic E-state index is -3.14. The van der Waals surface area contributed by atoms with Crippen LogP contribution in [0.25, 0.3) is 0 Å². The van der Waals surface area contributed by atoms with Gasteiger partial charge in [0.05, 0.1) is 16.8 Å². The summed E-state index contributed by atoms with van der Waals surface area (Å²) in [4.78, 5) is 0.382. The summed E-state index contributed by atoms with van der Waals surface area (Å²) in [6, 6.07) is 8.48. The van der Waals surface area contributed by atoms with Crippen molar-refractivity contribution < 1.29 is 13.5 Å². The van der Waals surface area contributed by atoms with Crippen LogP contribution >= 0.6 is 0 Å². The summed E-state index contributed by atoms with van der Waals surface area (Å²) in [5, 5.41) is 9.05. The van der Waals surface area contributed by atoms with Crippen molar-refractivity contribution in [2.45, 2.75) is 37.2 Å². The van der Waals surface area contributed by atoms with E-state index in [-0.39, 0.29) is 11.9 Å². The molecular formula is C12H18O3S. The van der Waals surface area contributed by atoms with Crippen molar-refractivity contribution in [1.82, 2.24) is 0 Å². The number of aliphatic hydroxyl groups excluding tert-OH is 1. The molecule has 0 aliphatic heterocycles. The Labute approximate surface area is 97.0 Å². The number of sulfone groups is 1. The fourth-order valence-electron chi connectivity index (χ4n) is 1.48. The summed E-state index contributed by atoms with van der Waals surface area (Å²) in [5.74, 6) is 0.156. The molecule has 90 valence electrons. The lowest BCUT2D eigenvalue weighted by molar-refractivity contribution is 0.181. The number of hydrogen-bond acceptors (Lipinski definition) is 3. The SMILES string of the molecule is C[C@H](O)CCCCS(=O)(=O)c1ccccc1. The molecule has 0 aliphatic carbocycles. The molecule has 0 saturated heterocycles. The van der Waals surface area contributed by atoms with Crippen LogP contribution in [-0.4, -0.2) is 25.4 Å². The third-order valence-electron chi connectivity index (χ3n) is 2.39. The molecule has 0 aliphatic rings. The maximum atomic E-state index is 11.8. The van der Waals surface area contributed by atoms with Crippen molar-refractivity contribution in [2.24, 2.45) is 0 Å². The summed E-state index contributed by atoms with van der Waals surface area (Å²) in [5.41, 5.74) is 0. The van der Waals surface area contributed by atoms with E-state index in [4.69, 9.17) is 5.11 Å². The second-order valence-electron chi connectivity index (χ2n) is 3.98. The predicted octanol–water partition coefficient (Wildman–Crippen LogP) is 2.01. The Morgan fingerprint density at radius 1 is 1.19 bits per heavy atom. The summed E-state index contributed by atoms with van der Waals surface area (Å²) in [6.07, 6.45) is 1.65. The first kappa shape index (κ1) is 13.2. The van der Waals surface area contributed by atoms with Gasteiger partial charge >= 0.3 is 0 Å². The second-order valence-corrected chi connectivity index (χ2v) is 6.09. The Morgan fingerprint density at radius 2 is 1.81 bits per heavy atom. The molecule has 1 N–H and O–H groups in total. The quantitative estimate of drug-likeness (QED) is 0.776. The molecule has 0 fully saturated rings. The first-order chi connectivity index (χ1) is 7.52. The third-order valence-corrected chi connectivity index (χ3v) is 4.20. The van der Waals surface area contributed by atoms with Crippen LogP contribution in [0.4, 0.5) is 0 Å². The van der Waals surface area contributed by atoms with Crippen LogP contribution < -0.4 is 0 Å². The molecular weight excluding hydrogens is 224 g/mol. The molecule has 1 atom stereocenters. The van der Waals surface area contributed by atoms with Gasteiger partial charge in [-0.3, -0.25) is 0 Å². The van der Waals surface area contributed by atoms with Crippen LogP contribution in [0, 0.1) is 0 Å². The van der Waals surface area contributed by atoms with Gasteiger partial charge in [0, 0.05) is 0 Å². The molecule has 0 spiro atoms. The highest BCUT2D eigenvalue weighted by molar-refractivity contribution is 7.91. The highest BCUT2D eigenvalue weighted by atomic mass is 32.2. The fourth-order valence-corrected chi connectivity index (χ4v) is 2.87. The van der Waals surface area contributed by atoms with Crippen molar-refractivity contribution >= 4 is 9.84 Å². The third kappa shape index (κ3) is 4.33. The first-order valence-electron chi connectivity index (χ1n) is 5.48. The highest BCUT2D eigenvalue weighted by Crippen LogP contribution is 2.12. The standard InChI is InChI=1S/C12H18O3S/c1-11(13)7-5-6-10-16(14,15)12-8-3-2-4-9-12/h2-4,8-9,11,13H,5-7,10H2,1H3/t11-/m0/s1. The van der Waals surface area contributed by atoms with Crippen molar-refractivity contribution in [3.05, 3.63) is 30.3 Å². The Hall–Kier alpha value is -0.870. The van der Waals surface area contributed by atoms with Gasteiger partial charge in [0.25, 0.3) is 0 Å². The van der Waals surface area contributed by atoms with Gasteiger partial charge in [-0.05, 0) is 38.3 Å². The molecule has 0 amide bonds. The van der Waals surface area contributed by atoms with E-state index in [1.807, 2.05) is 0 Å². The first-order valence-corrected chi connectivity index (χ1v) is 7.13. The van der Waals surface area contributed by atoms with E-state index in [0.29, 0.717) is 17.7 Å². The van der Waals surface area contributed by atoms with Crippen molar-refractivity contribution in [1.29, 1.82) is 0 Å². The van der Waals surface area contributed by atoms with Gasteiger partial charge in [-0.15, -0.1) is 0 Å². The van der Waals surface area contributed by atoms with Gasteiger partial charge in [-0.25, -0.2) is 8.42 Å². The van der Waals surface area contributed by atoms with Gasteiger partial charge in [-0.2, -0.15) is 0 Å². The lowest BCUT2D eigenvalue weighted by Gasteiger charge is -2.05. The molecule has 1 aromatic carbocycles. The van der Waals surface area contributed by atoms with Gasteiger partial charge < -0.3 is 5.11 Å². The maximum absolute atomic E-state index is 11.8. The largest absolute Gasteiger partial charge is 0.393 e. The van der Waals surface area contributed by atoms with Gasteiger partial charge in [0.2, 0.25) is 0 Å². The van der Waals surface area contributed by atoms with E-state index >= 15 is 0 Å². The lowest BCUT2D eigenvalue weighted by atomic mass is 10.2. The molecule has 0 bridgehead atoms. The van der Waals surface area contributed by atoms with Crippen LogP contribution in [0.15, 0.2) is 35.2 Å². The van der Waals surface area contributed by atoms with E-state index in [0.717, 1.165) is 6.42 Å². The van der Waals surface area contributed by atoms with E-state index in [9.17, 15) is 8.42 Å². The topological polar surface area (TPSA) is 54.4 Å². The van der Waals surface area contributed by atoms with Gasteiger partial charge in [0.1, 0.15) is 0 Å². The van der Waals surface area contributed by atoms with Gasteiger partial charge in [-0.1, -0.05) is 18.2 Å². The number of benzene rings is 1. The number of rotatable bonds is 6. The molecule has 0 heterocycles. The molecule has 0 radical (unpaired) electrons. The van der Waals surface area contributed by atoms with Crippen LogP contribution in [0.5, 0.6) is 0 Å². The Balaban J connectivity index is 2.48. The number of unbranched alkanes of at least 4 members (excludes halogenated alkanes) is 1. The predicted molar refractivity (Wildman–Crippen MR) is 64.0 cm³/mol. The summed E-state index contributed by atoms with van der Waals surface area (Å²) < 4.78 is 23.6. The smallest absolute Gasteiger partial charge is 0.178 e. The van der Waals surface area contributed by atoms with E-state index in [1.165, 1.54) is 0 Å². The zero-order chi connectivity index (χ0) is 12.0. The Kier molecular flexibility index (Phi) is 4.96. The van der Waals surface area contributed by atoms with Crippen LogP contribution in [-0.2, 0) is 9.84 Å². The van der Waals surface area contributed by atoms with E-state index in [1.54, 1.807) is 37.3 Å². The van der Waals surface area contributed by atoms with E-state index in [2.05, 4.69) is 0 Å². The van der Waals surface area contributed by atoms with Gasteiger partial charge in [0.15, 0.2) is 9.84 Å². The molecule has 3 nitrogen and oxygen atoms in total. The highest BCUT2D eigenvalue weighted by Gasteiger charge is 2.12. The second kappa shape index (κ2) is 6.01. The Morgan fingerprint density at radius 3 is 2.38 bits per heavy atom. The Bertz CT molecular complexity index is 396. The average molecular weight is 242 g/mol. The average Bonchev–Trinajstić information content (AvgIpc) is 2.26. The van der Waals surface area contributed by atoms with Crippen molar-refractivity contribution in [3.8, 4) is 0 Å². The molecule has 16 heavy (non-hydrogen) atoms. The minimum absolute atomic E-state index is 0.156. The summed E-state index contributed by atoms with van der Waals surface area (Å²) in [7, 11) is -3.14. The van der Waals surface area contributed by atoms with Crippen molar-refractivity contribution in [2.75, 3.05) is 5.75 Å². The molecule has 1 rings (SSSR count). The van der Waals surface area contributed by atoms with Crippen LogP contribution in [0.1, 0.15) is 26.2 Å². The fraction of sp³-hybridized carbons (Fsp3) is 0.500. The molecule has 4 heteroatoms. The lowest BCUT2D eigenvalue weighted by Crippen LogP contribution is -2.08. The number of aliphatic hydroxyl groups is 1. The zero-order valence-electron chi connectivity index (χ0n) is 9.46. The van der Waals surface area contributed by atoms with E-state index < -0.39 is 9.84 Å². The summed E-state index contributed by atoms with van der Waals surface area (Å²) in [6.45, 7) is 1.71. The van der Waals surface area contributed by atoms with Crippen molar-refractivity contribution in [3.63, 3.8) is 0 Å². The molecule has 0 aromatic heterocycles. The normalized spacial score (nSPS) is 13.6. The molecule has 0 unspecified atom stereocenters. The van der Waals surface area contributed by atoms with Crippen LogP contribution in [0.3, 0.4) is 0 Å². The number of hydrogen-bond donors (Lipinski definition) is 1. The zero-order valence-corrected chi connectivity index (χ0v) is 10.3. The molecule has 1 aromatic rings. The maximum Gasteiger partial charge on any atom is 0.178 e.